The van der Waals surface area contributed by atoms with Crippen molar-refractivity contribution in [3.05, 3.63) is 29.4 Å². The van der Waals surface area contributed by atoms with Gasteiger partial charge < -0.3 is 5.43 Å². The van der Waals surface area contributed by atoms with Crippen molar-refractivity contribution >= 4 is 28.9 Å². The zero-order valence-corrected chi connectivity index (χ0v) is 12.2. The van der Waals surface area contributed by atoms with Gasteiger partial charge in [0, 0.05) is 11.5 Å². The lowest BCUT2D eigenvalue weighted by atomic mass is 9.96. The molecule has 0 aliphatic heterocycles. The Bertz CT molecular complexity index is 517. The van der Waals surface area contributed by atoms with E-state index in [0.29, 0.717) is 5.82 Å². The number of hydrogen-bond acceptors (Lipinski definition) is 6. The molecule has 0 aromatic carbocycles. The molecule has 2 rings (SSSR count). The van der Waals surface area contributed by atoms with Crippen molar-refractivity contribution in [2.45, 2.75) is 35.4 Å². The molecule has 0 radical (unpaired) electrons. The fourth-order valence-electron chi connectivity index (χ4n) is 1.31. The summed E-state index contributed by atoms with van der Waals surface area (Å²) in [5, 5.41) is 2.96. The Labute approximate surface area is 115 Å². The summed E-state index contributed by atoms with van der Waals surface area (Å²) in [5.74, 6) is 6.89. The van der Waals surface area contributed by atoms with Crippen LogP contribution >= 0.6 is 23.1 Å². The summed E-state index contributed by atoms with van der Waals surface area (Å²) < 4.78 is 1.21. The predicted molar refractivity (Wildman–Crippen MR) is 77.0 cm³/mol. The van der Waals surface area contributed by atoms with Crippen molar-refractivity contribution in [2.75, 3.05) is 5.43 Å². The molecule has 2 aromatic rings. The van der Waals surface area contributed by atoms with Gasteiger partial charge in [0.2, 0.25) is 0 Å². The molecule has 0 unspecified atom stereocenters. The van der Waals surface area contributed by atoms with Gasteiger partial charge in [0.1, 0.15) is 16.7 Å². The molecule has 2 heterocycles. The average molecular weight is 280 g/mol. The van der Waals surface area contributed by atoms with E-state index in [4.69, 9.17) is 5.84 Å². The molecule has 0 saturated heterocycles. The summed E-state index contributed by atoms with van der Waals surface area (Å²) in [6.45, 7) is 6.26. The molecular formula is C12H16N4S2. The molecule has 0 amide bonds. The van der Waals surface area contributed by atoms with Crippen LogP contribution in [-0.2, 0) is 5.41 Å². The van der Waals surface area contributed by atoms with Gasteiger partial charge in [-0.15, -0.1) is 11.3 Å². The Kier molecular flexibility index (Phi) is 3.89. The number of rotatable bonds is 3. The maximum Gasteiger partial charge on any atom is 0.144 e. The van der Waals surface area contributed by atoms with Gasteiger partial charge in [-0.3, -0.25) is 0 Å². The molecule has 0 saturated carbocycles. The number of hydrazine groups is 1. The van der Waals surface area contributed by atoms with E-state index >= 15 is 0 Å². The molecule has 0 aliphatic rings. The van der Waals surface area contributed by atoms with Gasteiger partial charge in [-0.1, -0.05) is 38.6 Å². The van der Waals surface area contributed by atoms with E-state index in [1.807, 2.05) is 12.1 Å². The molecule has 2 aromatic heterocycles. The molecule has 6 heteroatoms. The lowest BCUT2D eigenvalue weighted by Gasteiger charge is -2.18. The van der Waals surface area contributed by atoms with Gasteiger partial charge in [-0.25, -0.2) is 15.8 Å². The first kappa shape index (κ1) is 13.3. The van der Waals surface area contributed by atoms with E-state index in [1.54, 1.807) is 23.1 Å². The monoisotopic (exact) mass is 280 g/mol. The summed E-state index contributed by atoms with van der Waals surface area (Å²) in [6.07, 6.45) is 0. The topological polar surface area (TPSA) is 63.8 Å². The molecule has 96 valence electrons. The van der Waals surface area contributed by atoms with E-state index < -0.39 is 0 Å². The maximum absolute atomic E-state index is 5.46. The SMILES string of the molecule is CC(C)(C)c1nc(NN)cc(Sc2cccs2)n1. The van der Waals surface area contributed by atoms with Crippen LogP contribution in [0.3, 0.4) is 0 Å². The second kappa shape index (κ2) is 5.26. The lowest BCUT2D eigenvalue weighted by molar-refractivity contribution is 0.539. The Morgan fingerprint density at radius 3 is 2.67 bits per heavy atom. The highest BCUT2D eigenvalue weighted by molar-refractivity contribution is 8.01. The number of nitrogens with zero attached hydrogens (tertiary/aromatic N) is 2. The summed E-state index contributed by atoms with van der Waals surface area (Å²) in [7, 11) is 0. The van der Waals surface area contributed by atoms with Gasteiger partial charge >= 0.3 is 0 Å². The van der Waals surface area contributed by atoms with Crippen LogP contribution in [0, 0.1) is 0 Å². The number of thiophene rings is 1. The Morgan fingerprint density at radius 2 is 2.11 bits per heavy atom. The number of nitrogens with two attached hydrogens (primary N) is 1. The minimum atomic E-state index is -0.0996. The van der Waals surface area contributed by atoms with Crippen molar-refractivity contribution in [1.29, 1.82) is 0 Å². The summed E-state index contributed by atoms with van der Waals surface area (Å²) in [5.41, 5.74) is 2.50. The highest BCUT2D eigenvalue weighted by Gasteiger charge is 2.19. The molecule has 0 spiro atoms. The number of aromatic nitrogens is 2. The number of anilines is 1. The van der Waals surface area contributed by atoms with Gasteiger partial charge in [-0.2, -0.15) is 0 Å². The minimum Gasteiger partial charge on any atom is -0.308 e. The van der Waals surface area contributed by atoms with Gasteiger partial charge in [0.05, 0.1) is 4.21 Å². The van der Waals surface area contributed by atoms with E-state index in [9.17, 15) is 0 Å². The van der Waals surface area contributed by atoms with Crippen molar-refractivity contribution in [3.8, 4) is 0 Å². The molecule has 0 atom stereocenters. The third-order valence-corrected chi connectivity index (χ3v) is 4.18. The number of hydrogen-bond donors (Lipinski definition) is 2. The first-order valence-corrected chi connectivity index (χ1v) is 7.26. The first-order chi connectivity index (χ1) is 8.49. The van der Waals surface area contributed by atoms with Crippen LogP contribution in [-0.4, -0.2) is 9.97 Å². The third-order valence-electron chi connectivity index (χ3n) is 2.22. The van der Waals surface area contributed by atoms with Gasteiger partial charge in [-0.05, 0) is 11.4 Å². The van der Waals surface area contributed by atoms with Crippen molar-refractivity contribution in [2.24, 2.45) is 5.84 Å². The van der Waals surface area contributed by atoms with Crippen LogP contribution in [0.1, 0.15) is 26.6 Å². The zero-order valence-electron chi connectivity index (χ0n) is 10.6. The molecule has 18 heavy (non-hydrogen) atoms. The standard InChI is InChI=1S/C12H16N4S2/c1-12(2,3)11-14-8(16-13)7-9(15-11)18-10-5-4-6-17-10/h4-7H,13H2,1-3H3,(H,14,15,16). The van der Waals surface area contributed by atoms with Gasteiger partial charge in [0.15, 0.2) is 0 Å². The Hall–Kier alpha value is -1.11. The molecule has 0 aliphatic carbocycles. The van der Waals surface area contributed by atoms with Gasteiger partial charge in [0.25, 0.3) is 0 Å². The van der Waals surface area contributed by atoms with Crippen molar-refractivity contribution in [3.63, 3.8) is 0 Å². The van der Waals surface area contributed by atoms with Crippen molar-refractivity contribution < 1.29 is 0 Å². The fraction of sp³-hybridized carbons (Fsp3) is 0.333. The average Bonchev–Trinajstić information content (AvgIpc) is 2.80. The van der Waals surface area contributed by atoms with Crippen LogP contribution in [0.4, 0.5) is 5.82 Å². The summed E-state index contributed by atoms with van der Waals surface area (Å²) >= 11 is 3.32. The van der Waals surface area contributed by atoms with Crippen LogP contribution in [0.25, 0.3) is 0 Å². The molecule has 0 fully saturated rings. The van der Waals surface area contributed by atoms with E-state index in [0.717, 1.165) is 10.9 Å². The van der Waals surface area contributed by atoms with Crippen LogP contribution in [0.15, 0.2) is 32.8 Å². The fourth-order valence-corrected chi connectivity index (χ4v) is 3.03. The second-order valence-electron chi connectivity index (χ2n) is 4.84. The maximum atomic E-state index is 5.46. The zero-order chi connectivity index (χ0) is 13.2. The normalized spacial score (nSPS) is 11.6. The second-order valence-corrected chi connectivity index (χ2v) is 7.11. The van der Waals surface area contributed by atoms with Crippen molar-refractivity contribution in [1.82, 2.24) is 9.97 Å². The minimum absolute atomic E-state index is 0.0996. The quantitative estimate of drug-likeness (QED) is 0.513. The Balaban J connectivity index is 2.35. The summed E-state index contributed by atoms with van der Waals surface area (Å²) in [6, 6.07) is 5.96. The largest absolute Gasteiger partial charge is 0.308 e. The van der Waals surface area contributed by atoms with Crippen LogP contribution < -0.4 is 11.3 Å². The smallest absolute Gasteiger partial charge is 0.144 e. The van der Waals surface area contributed by atoms with Crippen LogP contribution in [0.5, 0.6) is 0 Å². The number of nitrogens with one attached hydrogen (secondary N) is 1. The summed E-state index contributed by atoms with van der Waals surface area (Å²) in [4.78, 5) is 8.99. The predicted octanol–water partition coefficient (Wildman–Crippen LogP) is 3.27. The highest BCUT2D eigenvalue weighted by Crippen LogP contribution is 2.32. The van der Waals surface area contributed by atoms with E-state index in [2.05, 4.69) is 47.6 Å². The Morgan fingerprint density at radius 1 is 1.33 bits per heavy atom. The van der Waals surface area contributed by atoms with E-state index in [1.165, 1.54) is 4.21 Å². The van der Waals surface area contributed by atoms with E-state index in [-0.39, 0.29) is 5.41 Å². The third kappa shape index (κ3) is 3.22. The molecule has 0 bridgehead atoms. The van der Waals surface area contributed by atoms with Crippen LogP contribution in [0.2, 0.25) is 0 Å². The first-order valence-electron chi connectivity index (χ1n) is 5.56. The molecule has 4 nitrogen and oxygen atoms in total. The highest BCUT2D eigenvalue weighted by atomic mass is 32.2. The molecule has 3 N–H and O–H groups in total. The molecular weight excluding hydrogens is 264 g/mol. The number of nitrogen functional groups attached to an aromatic ring is 1. The lowest BCUT2D eigenvalue weighted by Crippen LogP contribution is -2.19.